The molecule has 0 saturated carbocycles. The summed E-state index contributed by atoms with van der Waals surface area (Å²) in [4.78, 5) is 55.4. The summed E-state index contributed by atoms with van der Waals surface area (Å²) in [6.07, 6.45) is 1.26. The second-order valence-corrected chi connectivity index (χ2v) is 13.2. The first-order valence-electron chi connectivity index (χ1n) is 15.5. The maximum Gasteiger partial charge on any atom is 0.408 e. The van der Waals surface area contributed by atoms with E-state index in [-0.39, 0.29) is 12.8 Å². The Hall–Kier alpha value is -4.84. The van der Waals surface area contributed by atoms with Crippen molar-refractivity contribution in [2.75, 3.05) is 7.11 Å². The van der Waals surface area contributed by atoms with Crippen molar-refractivity contribution >= 4 is 50.7 Å². The Kier molecular flexibility index (Phi) is 12.2. The molecule has 48 heavy (non-hydrogen) atoms. The van der Waals surface area contributed by atoms with Gasteiger partial charge in [0, 0.05) is 28.9 Å². The van der Waals surface area contributed by atoms with Crippen molar-refractivity contribution in [2.45, 2.75) is 70.9 Å². The molecule has 4 rings (SSSR count). The van der Waals surface area contributed by atoms with Gasteiger partial charge in [-0.05, 0) is 78.5 Å². The molecule has 0 aliphatic rings. The summed E-state index contributed by atoms with van der Waals surface area (Å²) in [5.74, 6) is -1.19. The average Bonchev–Trinajstić information content (AvgIpc) is 3.46. The van der Waals surface area contributed by atoms with E-state index in [1.165, 1.54) is 14.0 Å². The number of nitrogens with one attached hydrogen (secondary N) is 4. The van der Waals surface area contributed by atoms with E-state index < -0.39 is 47.6 Å². The normalized spacial score (nSPS) is 13.1. The summed E-state index contributed by atoms with van der Waals surface area (Å²) < 4.78 is 17.1. The van der Waals surface area contributed by atoms with E-state index in [0.29, 0.717) is 12.4 Å². The number of methoxy groups -OCH3 is 1. The van der Waals surface area contributed by atoms with Crippen molar-refractivity contribution < 1.29 is 33.4 Å². The van der Waals surface area contributed by atoms with Gasteiger partial charge < -0.3 is 35.1 Å². The maximum absolute atomic E-state index is 13.5. The Morgan fingerprint density at radius 3 is 2.19 bits per heavy atom. The Morgan fingerprint density at radius 1 is 0.812 bits per heavy atom. The van der Waals surface area contributed by atoms with Crippen molar-refractivity contribution in [1.82, 2.24) is 20.9 Å². The molecule has 0 bridgehead atoms. The van der Waals surface area contributed by atoms with Gasteiger partial charge in [-0.25, -0.2) is 9.59 Å². The Labute approximate surface area is 288 Å². The molecule has 1 heterocycles. The second kappa shape index (κ2) is 16.3. The summed E-state index contributed by atoms with van der Waals surface area (Å²) in [7, 11) is 1.24. The lowest BCUT2D eigenvalue weighted by molar-refractivity contribution is -0.145. The largest absolute Gasteiger partial charge is 0.489 e. The van der Waals surface area contributed by atoms with Crippen LogP contribution in [0.15, 0.2) is 83.5 Å². The van der Waals surface area contributed by atoms with E-state index in [2.05, 4.69) is 36.9 Å². The Bertz CT molecular complexity index is 1720. The van der Waals surface area contributed by atoms with E-state index in [1.54, 1.807) is 51.2 Å². The summed E-state index contributed by atoms with van der Waals surface area (Å²) in [5.41, 5.74) is 2.64. The number of hydrogen-bond acceptors (Lipinski definition) is 7. The van der Waals surface area contributed by atoms with E-state index in [4.69, 9.17) is 14.2 Å². The van der Waals surface area contributed by atoms with Gasteiger partial charge >= 0.3 is 12.1 Å². The molecule has 3 amide bonds. The van der Waals surface area contributed by atoms with Gasteiger partial charge in [0.05, 0.1) is 12.6 Å². The number of carbonyl (C=O) groups is 4. The first-order valence-corrected chi connectivity index (χ1v) is 16.3. The van der Waals surface area contributed by atoms with E-state index in [9.17, 15) is 19.2 Å². The van der Waals surface area contributed by atoms with Gasteiger partial charge in [0.25, 0.3) is 0 Å². The van der Waals surface area contributed by atoms with Crippen LogP contribution in [-0.2, 0) is 43.3 Å². The highest BCUT2D eigenvalue weighted by Crippen LogP contribution is 2.26. The number of aromatic nitrogens is 1. The number of para-hydroxylation sites is 1. The number of amides is 3. The van der Waals surface area contributed by atoms with Crippen molar-refractivity contribution in [3.8, 4) is 5.75 Å². The predicted octanol–water partition coefficient (Wildman–Crippen LogP) is 5.35. The van der Waals surface area contributed by atoms with Crippen LogP contribution in [0.2, 0.25) is 0 Å². The van der Waals surface area contributed by atoms with E-state index >= 15 is 0 Å². The third-order valence-corrected chi connectivity index (χ3v) is 8.01. The summed E-state index contributed by atoms with van der Waals surface area (Å²) >= 11 is 3.51. The first kappa shape index (κ1) is 36.0. The van der Waals surface area contributed by atoms with Gasteiger partial charge in [0.1, 0.15) is 36.1 Å². The molecule has 0 saturated heterocycles. The monoisotopic (exact) mass is 720 g/mol. The van der Waals surface area contributed by atoms with Crippen LogP contribution in [0.5, 0.6) is 5.75 Å². The number of halogens is 1. The molecule has 0 spiro atoms. The molecule has 0 radical (unpaired) electrons. The molecule has 3 aromatic carbocycles. The number of rotatable bonds is 13. The lowest BCUT2D eigenvalue weighted by Crippen LogP contribution is -2.56. The molecule has 3 atom stereocenters. The molecule has 0 fully saturated rings. The smallest absolute Gasteiger partial charge is 0.408 e. The molecule has 254 valence electrons. The zero-order chi connectivity index (χ0) is 34.8. The van der Waals surface area contributed by atoms with Crippen LogP contribution in [0.3, 0.4) is 0 Å². The zero-order valence-electron chi connectivity index (χ0n) is 27.6. The summed E-state index contributed by atoms with van der Waals surface area (Å²) in [5, 5.41) is 8.89. The molecular weight excluding hydrogens is 680 g/mol. The lowest BCUT2D eigenvalue weighted by atomic mass is 10.0. The van der Waals surface area contributed by atoms with E-state index in [0.717, 1.165) is 32.1 Å². The zero-order valence-corrected chi connectivity index (χ0v) is 29.2. The highest BCUT2D eigenvalue weighted by Gasteiger charge is 2.30. The van der Waals surface area contributed by atoms with Gasteiger partial charge in [0.2, 0.25) is 11.8 Å². The van der Waals surface area contributed by atoms with Crippen LogP contribution in [0.4, 0.5) is 4.79 Å². The number of ether oxygens (including phenoxy) is 3. The Morgan fingerprint density at radius 2 is 1.52 bits per heavy atom. The van der Waals surface area contributed by atoms with Crippen LogP contribution < -0.4 is 20.7 Å². The van der Waals surface area contributed by atoms with Crippen LogP contribution >= 0.6 is 15.9 Å². The van der Waals surface area contributed by atoms with Crippen molar-refractivity contribution in [3.63, 3.8) is 0 Å². The lowest BCUT2D eigenvalue weighted by Gasteiger charge is -2.25. The number of H-pyrrole nitrogens is 1. The molecular formula is C36H41BrN4O7. The SMILES string of the molecule is COC(=O)[C@H](Cc1c[nH]c2c(Br)cccc12)NC(=O)[C@H](C)NC(=O)[C@H](Cc1ccc(OCc2ccccc2)cc1)NC(=O)OC(C)(C)C. The fourth-order valence-electron chi connectivity index (χ4n) is 4.93. The number of benzene rings is 3. The number of esters is 1. The fourth-order valence-corrected chi connectivity index (χ4v) is 5.41. The minimum atomic E-state index is -1.08. The maximum atomic E-state index is 13.5. The highest BCUT2D eigenvalue weighted by molar-refractivity contribution is 9.10. The van der Waals surface area contributed by atoms with E-state index in [1.807, 2.05) is 48.5 Å². The van der Waals surface area contributed by atoms with Gasteiger partial charge in [-0.15, -0.1) is 0 Å². The van der Waals surface area contributed by atoms with Crippen LogP contribution in [0.25, 0.3) is 10.9 Å². The third kappa shape index (κ3) is 10.3. The molecule has 1 aromatic heterocycles. The molecule has 4 N–H and O–H groups in total. The number of alkyl carbamates (subject to hydrolysis) is 1. The van der Waals surface area contributed by atoms with Crippen molar-refractivity contribution in [1.29, 1.82) is 0 Å². The second-order valence-electron chi connectivity index (χ2n) is 12.3. The van der Waals surface area contributed by atoms with Gasteiger partial charge in [0.15, 0.2) is 0 Å². The molecule has 11 nitrogen and oxygen atoms in total. The van der Waals surface area contributed by atoms with Crippen LogP contribution in [0, 0.1) is 0 Å². The third-order valence-electron chi connectivity index (χ3n) is 7.35. The number of carbonyl (C=O) groups excluding carboxylic acids is 4. The van der Waals surface area contributed by atoms with Gasteiger partial charge in [-0.2, -0.15) is 0 Å². The molecule has 12 heteroatoms. The molecule has 4 aromatic rings. The minimum absolute atomic E-state index is 0.110. The first-order chi connectivity index (χ1) is 22.8. The number of hydrogen-bond donors (Lipinski definition) is 4. The predicted molar refractivity (Wildman–Crippen MR) is 185 cm³/mol. The summed E-state index contributed by atoms with van der Waals surface area (Å²) in [6.45, 7) is 7.05. The molecule has 0 aliphatic carbocycles. The van der Waals surface area contributed by atoms with Crippen molar-refractivity contribution in [2.24, 2.45) is 0 Å². The summed E-state index contributed by atoms with van der Waals surface area (Å²) in [6, 6.07) is 19.5. The standard InChI is InChI=1S/C36H41BrN4O7/c1-22(32(42)40-30(34(44)46-5)19-25-20-38-31-27(25)12-9-13-28(31)37)39-33(43)29(41-35(45)48-36(2,3)4)18-23-14-16-26(17-15-23)47-21-24-10-7-6-8-11-24/h6-17,20,22,29-30,38H,18-19,21H2,1-5H3,(H,39,43)(H,40,42)(H,41,45)/t22-,29-,30-/m0/s1. The van der Waals surface area contributed by atoms with Crippen molar-refractivity contribution in [3.05, 3.63) is 100 Å². The fraction of sp³-hybridized carbons (Fsp3) is 0.333. The number of aromatic amines is 1. The van der Waals surface area contributed by atoms with Gasteiger partial charge in [-0.3, -0.25) is 9.59 Å². The quantitative estimate of drug-likeness (QED) is 0.136. The van der Waals surface area contributed by atoms with Gasteiger partial charge in [-0.1, -0.05) is 54.6 Å². The Balaban J connectivity index is 1.42. The molecule has 0 unspecified atom stereocenters. The van der Waals surface area contributed by atoms with Crippen LogP contribution in [0.1, 0.15) is 44.4 Å². The minimum Gasteiger partial charge on any atom is -0.489 e. The number of fused-ring (bicyclic) bond motifs is 1. The average molecular weight is 722 g/mol. The highest BCUT2D eigenvalue weighted by atomic mass is 79.9. The molecule has 0 aliphatic heterocycles. The van der Waals surface area contributed by atoms with Crippen LogP contribution in [-0.4, -0.2) is 59.7 Å². The topological polar surface area (TPSA) is 148 Å².